The van der Waals surface area contributed by atoms with Gasteiger partial charge in [-0.1, -0.05) is 29.8 Å². The summed E-state index contributed by atoms with van der Waals surface area (Å²) in [5.41, 5.74) is 6.09. The van der Waals surface area contributed by atoms with Crippen LogP contribution in [0.15, 0.2) is 41.6 Å². The average molecular weight is 327 g/mol. The number of nitrogen functional groups attached to an aromatic ring is 1. The fourth-order valence-corrected chi connectivity index (χ4v) is 3.37. The van der Waals surface area contributed by atoms with Gasteiger partial charge in [0.15, 0.2) is 0 Å². The minimum Gasteiger partial charge on any atom is -0.368 e. The van der Waals surface area contributed by atoms with Gasteiger partial charge in [-0.05, 0) is 18.6 Å². The van der Waals surface area contributed by atoms with Gasteiger partial charge in [-0.3, -0.25) is 0 Å². The van der Waals surface area contributed by atoms with Crippen molar-refractivity contribution in [1.29, 1.82) is 0 Å². The minimum absolute atomic E-state index is 0.0156. The standard InChI is InChI=1S/C13H15ClN4O2S/c1-9(11-5-3-4-6-12(11)14)18(2)21(19,20)10-7-16-13(15)17-8-10/h3-9H,1-2H3,(H2,15,16,17). The highest BCUT2D eigenvalue weighted by Crippen LogP contribution is 2.29. The lowest BCUT2D eigenvalue weighted by molar-refractivity contribution is 0.398. The van der Waals surface area contributed by atoms with E-state index in [0.29, 0.717) is 5.02 Å². The Balaban J connectivity index is 2.36. The Morgan fingerprint density at radius 3 is 2.38 bits per heavy atom. The summed E-state index contributed by atoms with van der Waals surface area (Å²) in [7, 11) is -2.24. The third-order valence-corrected chi connectivity index (χ3v) is 5.45. The lowest BCUT2D eigenvalue weighted by Gasteiger charge is -2.25. The first-order chi connectivity index (χ1) is 9.84. The van der Waals surface area contributed by atoms with E-state index in [4.69, 9.17) is 17.3 Å². The Bertz CT molecular complexity index is 734. The van der Waals surface area contributed by atoms with Crippen LogP contribution in [-0.2, 0) is 10.0 Å². The van der Waals surface area contributed by atoms with Crippen molar-refractivity contribution in [2.45, 2.75) is 17.9 Å². The number of hydrogen-bond acceptors (Lipinski definition) is 5. The van der Waals surface area contributed by atoms with E-state index in [1.54, 1.807) is 25.1 Å². The zero-order chi connectivity index (χ0) is 15.6. The van der Waals surface area contributed by atoms with Crippen LogP contribution < -0.4 is 5.73 Å². The van der Waals surface area contributed by atoms with Crippen molar-refractivity contribution in [3.05, 3.63) is 47.2 Å². The molecule has 0 radical (unpaired) electrons. The van der Waals surface area contributed by atoms with Crippen molar-refractivity contribution in [2.75, 3.05) is 12.8 Å². The van der Waals surface area contributed by atoms with E-state index in [2.05, 4.69) is 9.97 Å². The predicted octanol–water partition coefficient (Wildman–Crippen LogP) is 2.09. The van der Waals surface area contributed by atoms with Crippen LogP contribution in [0.1, 0.15) is 18.5 Å². The summed E-state index contributed by atoms with van der Waals surface area (Å²) >= 11 is 6.12. The molecule has 2 aromatic rings. The third-order valence-electron chi connectivity index (χ3n) is 3.23. The van der Waals surface area contributed by atoms with E-state index in [-0.39, 0.29) is 10.8 Å². The first kappa shape index (κ1) is 15.7. The molecule has 8 heteroatoms. The molecule has 112 valence electrons. The fraction of sp³-hybridized carbons (Fsp3) is 0.231. The van der Waals surface area contributed by atoms with Crippen molar-refractivity contribution in [2.24, 2.45) is 0 Å². The topological polar surface area (TPSA) is 89.2 Å². The van der Waals surface area contributed by atoms with Gasteiger partial charge in [-0.25, -0.2) is 18.4 Å². The fourth-order valence-electron chi connectivity index (χ4n) is 1.84. The molecule has 0 spiro atoms. The Morgan fingerprint density at radius 2 is 1.81 bits per heavy atom. The number of rotatable bonds is 4. The molecule has 1 heterocycles. The average Bonchev–Trinajstić information content (AvgIpc) is 2.46. The molecule has 1 unspecified atom stereocenters. The lowest BCUT2D eigenvalue weighted by Crippen LogP contribution is -2.30. The van der Waals surface area contributed by atoms with Crippen LogP contribution in [0.3, 0.4) is 0 Å². The minimum atomic E-state index is -3.73. The molecule has 6 nitrogen and oxygen atoms in total. The molecule has 0 saturated heterocycles. The first-order valence-corrected chi connectivity index (χ1v) is 7.96. The monoisotopic (exact) mass is 326 g/mol. The highest BCUT2D eigenvalue weighted by atomic mass is 35.5. The summed E-state index contributed by atoms with van der Waals surface area (Å²) in [6.07, 6.45) is 2.38. The molecule has 21 heavy (non-hydrogen) atoms. The van der Waals surface area contributed by atoms with Crippen LogP contribution >= 0.6 is 11.6 Å². The van der Waals surface area contributed by atoms with Gasteiger partial charge in [0.2, 0.25) is 16.0 Å². The zero-order valence-electron chi connectivity index (χ0n) is 11.6. The SMILES string of the molecule is CC(c1ccccc1Cl)N(C)S(=O)(=O)c1cnc(N)nc1. The third kappa shape index (κ3) is 3.15. The number of benzene rings is 1. The number of nitrogens with zero attached hydrogens (tertiary/aromatic N) is 3. The molecule has 0 aliphatic carbocycles. The van der Waals surface area contributed by atoms with Crippen LogP contribution in [0.5, 0.6) is 0 Å². The summed E-state index contributed by atoms with van der Waals surface area (Å²) in [5, 5.41) is 0.514. The van der Waals surface area contributed by atoms with Crippen LogP contribution in [0.2, 0.25) is 5.02 Å². The van der Waals surface area contributed by atoms with Gasteiger partial charge in [0.25, 0.3) is 0 Å². The van der Waals surface area contributed by atoms with Crippen LogP contribution in [-0.4, -0.2) is 29.7 Å². The van der Waals surface area contributed by atoms with Gasteiger partial charge in [-0.15, -0.1) is 0 Å². The number of sulfonamides is 1. The van der Waals surface area contributed by atoms with Crippen molar-refractivity contribution >= 4 is 27.6 Å². The number of hydrogen-bond donors (Lipinski definition) is 1. The van der Waals surface area contributed by atoms with Gasteiger partial charge in [0.05, 0.1) is 12.4 Å². The molecule has 0 saturated carbocycles. The van der Waals surface area contributed by atoms with Gasteiger partial charge >= 0.3 is 0 Å². The van der Waals surface area contributed by atoms with Crippen molar-refractivity contribution < 1.29 is 8.42 Å². The second kappa shape index (κ2) is 5.97. The zero-order valence-corrected chi connectivity index (χ0v) is 13.1. The maximum absolute atomic E-state index is 12.5. The highest BCUT2D eigenvalue weighted by molar-refractivity contribution is 7.89. The lowest BCUT2D eigenvalue weighted by atomic mass is 10.1. The van der Waals surface area contributed by atoms with E-state index < -0.39 is 16.1 Å². The molecule has 2 N–H and O–H groups in total. The van der Waals surface area contributed by atoms with Gasteiger partial charge < -0.3 is 5.73 Å². The number of anilines is 1. The van der Waals surface area contributed by atoms with Gasteiger partial charge in [0, 0.05) is 18.1 Å². The summed E-state index contributed by atoms with van der Waals surface area (Å²) in [6, 6.07) is 6.69. The van der Waals surface area contributed by atoms with E-state index in [0.717, 1.165) is 5.56 Å². The molecule has 1 aromatic heterocycles. The van der Waals surface area contributed by atoms with E-state index in [1.165, 1.54) is 23.7 Å². The van der Waals surface area contributed by atoms with Gasteiger partial charge in [-0.2, -0.15) is 4.31 Å². The Kier molecular flexibility index (Phi) is 4.46. The maximum atomic E-state index is 12.5. The molecule has 0 fully saturated rings. The normalized spacial score (nSPS) is 13.3. The Labute approximate surface area is 128 Å². The second-order valence-corrected chi connectivity index (χ2v) is 6.90. The van der Waals surface area contributed by atoms with E-state index in [1.807, 2.05) is 6.07 Å². The Morgan fingerprint density at radius 1 is 1.24 bits per heavy atom. The molecule has 0 bridgehead atoms. The largest absolute Gasteiger partial charge is 0.368 e. The molecule has 1 atom stereocenters. The van der Waals surface area contributed by atoms with Crippen molar-refractivity contribution in [1.82, 2.24) is 14.3 Å². The van der Waals surface area contributed by atoms with Crippen molar-refractivity contribution in [3.63, 3.8) is 0 Å². The molecule has 0 amide bonds. The van der Waals surface area contributed by atoms with Gasteiger partial charge in [0.1, 0.15) is 4.90 Å². The summed E-state index contributed by atoms with van der Waals surface area (Å²) in [4.78, 5) is 7.41. The molecule has 1 aromatic carbocycles. The van der Waals surface area contributed by atoms with Crippen molar-refractivity contribution in [3.8, 4) is 0 Å². The first-order valence-electron chi connectivity index (χ1n) is 6.14. The molecular weight excluding hydrogens is 312 g/mol. The summed E-state index contributed by atoms with van der Waals surface area (Å²) < 4.78 is 26.3. The highest BCUT2D eigenvalue weighted by Gasteiger charge is 2.27. The van der Waals surface area contributed by atoms with E-state index >= 15 is 0 Å². The number of nitrogens with two attached hydrogens (primary N) is 1. The number of halogens is 1. The smallest absolute Gasteiger partial charge is 0.246 e. The predicted molar refractivity (Wildman–Crippen MR) is 81.3 cm³/mol. The Hall–Kier alpha value is -1.70. The second-order valence-electron chi connectivity index (χ2n) is 4.50. The molecular formula is C13H15ClN4O2S. The maximum Gasteiger partial charge on any atom is 0.246 e. The van der Waals surface area contributed by atoms with E-state index in [9.17, 15) is 8.42 Å². The molecule has 0 aliphatic heterocycles. The molecule has 2 rings (SSSR count). The molecule has 0 aliphatic rings. The quantitative estimate of drug-likeness (QED) is 0.929. The summed E-state index contributed by atoms with van der Waals surface area (Å²) in [6.45, 7) is 1.76. The number of aromatic nitrogens is 2. The summed E-state index contributed by atoms with van der Waals surface area (Å²) in [5.74, 6) is 0.0238. The van der Waals surface area contributed by atoms with Crippen LogP contribution in [0.4, 0.5) is 5.95 Å². The van der Waals surface area contributed by atoms with Crippen LogP contribution in [0, 0.1) is 0 Å². The van der Waals surface area contributed by atoms with Crippen LogP contribution in [0.25, 0.3) is 0 Å².